The van der Waals surface area contributed by atoms with Crippen molar-refractivity contribution >= 4 is 5.97 Å². The number of carboxylic acids is 1. The van der Waals surface area contributed by atoms with Crippen molar-refractivity contribution in [1.82, 2.24) is 10.2 Å². The van der Waals surface area contributed by atoms with Crippen molar-refractivity contribution in [3.8, 4) is 0 Å². The number of nitrogens with zero attached hydrogens (tertiary/aromatic N) is 1. The highest BCUT2D eigenvalue weighted by molar-refractivity contribution is 5.73. The lowest BCUT2D eigenvalue weighted by molar-refractivity contribution is -0.139. The minimum atomic E-state index is -0.925. The van der Waals surface area contributed by atoms with Gasteiger partial charge in [0.25, 0.3) is 0 Å². The Balaban J connectivity index is 2.32. The Bertz CT molecular complexity index is 192. The third-order valence-corrected chi connectivity index (χ3v) is 2.73. The predicted octanol–water partition coefficient (Wildman–Crippen LogP) is -0.918. The quantitative estimate of drug-likeness (QED) is 0.548. The van der Waals surface area contributed by atoms with Crippen molar-refractivity contribution < 1.29 is 9.90 Å². The Morgan fingerprint density at radius 1 is 1.64 bits per heavy atom. The number of aliphatic carboxylic acids is 1. The SMILES string of the molecule is CN(CC(N)C(=O)O)C1CCNCC1. The molecule has 1 atom stereocenters. The molecule has 0 saturated carbocycles. The predicted molar refractivity (Wildman–Crippen MR) is 54.1 cm³/mol. The van der Waals surface area contributed by atoms with Crippen LogP contribution in [0.3, 0.4) is 0 Å². The molecule has 1 saturated heterocycles. The van der Waals surface area contributed by atoms with Gasteiger partial charge < -0.3 is 21.1 Å². The van der Waals surface area contributed by atoms with Gasteiger partial charge in [-0.3, -0.25) is 4.79 Å². The van der Waals surface area contributed by atoms with Gasteiger partial charge in [0.1, 0.15) is 6.04 Å². The molecule has 1 fully saturated rings. The summed E-state index contributed by atoms with van der Waals surface area (Å²) in [7, 11) is 1.94. The van der Waals surface area contributed by atoms with Crippen molar-refractivity contribution in [3.63, 3.8) is 0 Å². The second-order valence-electron chi connectivity index (χ2n) is 3.87. The molecular formula is C9H19N3O2. The minimum Gasteiger partial charge on any atom is -0.480 e. The van der Waals surface area contributed by atoms with Crippen LogP contribution in [0.1, 0.15) is 12.8 Å². The van der Waals surface area contributed by atoms with E-state index in [2.05, 4.69) is 10.2 Å². The van der Waals surface area contributed by atoms with Crippen LogP contribution >= 0.6 is 0 Å². The normalized spacial score (nSPS) is 21.1. The van der Waals surface area contributed by atoms with Gasteiger partial charge in [0, 0.05) is 12.6 Å². The molecule has 0 aromatic heterocycles. The number of likely N-dealkylation sites (N-methyl/N-ethyl adjacent to an activating group) is 1. The summed E-state index contributed by atoms with van der Waals surface area (Å²) in [6, 6.07) is -0.295. The highest BCUT2D eigenvalue weighted by Gasteiger charge is 2.21. The summed E-state index contributed by atoms with van der Waals surface area (Å²) in [5.74, 6) is -0.925. The molecule has 1 aliphatic heterocycles. The molecule has 5 nitrogen and oxygen atoms in total. The lowest BCUT2D eigenvalue weighted by Crippen LogP contribution is -2.48. The number of carbonyl (C=O) groups is 1. The number of carboxylic acid groups (broad SMARTS) is 1. The molecule has 4 N–H and O–H groups in total. The average Bonchev–Trinajstić information content (AvgIpc) is 2.19. The van der Waals surface area contributed by atoms with Gasteiger partial charge in [0.2, 0.25) is 0 Å². The number of nitrogens with one attached hydrogen (secondary N) is 1. The van der Waals surface area contributed by atoms with Crippen LogP contribution in [0, 0.1) is 0 Å². The van der Waals surface area contributed by atoms with Gasteiger partial charge in [-0.15, -0.1) is 0 Å². The maximum Gasteiger partial charge on any atom is 0.321 e. The largest absolute Gasteiger partial charge is 0.480 e. The van der Waals surface area contributed by atoms with E-state index in [1.807, 2.05) is 7.05 Å². The summed E-state index contributed by atoms with van der Waals surface area (Å²) < 4.78 is 0. The van der Waals surface area contributed by atoms with Crippen LogP contribution in [-0.4, -0.2) is 54.7 Å². The number of piperidine rings is 1. The first-order valence-electron chi connectivity index (χ1n) is 5.00. The van der Waals surface area contributed by atoms with Crippen molar-refractivity contribution in [2.75, 3.05) is 26.7 Å². The number of hydrogen-bond donors (Lipinski definition) is 3. The topological polar surface area (TPSA) is 78.6 Å². The highest BCUT2D eigenvalue weighted by atomic mass is 16.4. The van der Waals surface area contributed by atoms with Crippen LogP contribution in [0.2, 0.25) is 0 Å². The van der Waals surface area contributed by atoms with E-state index in [0.717, 1.165) is 25.9 Å². The van der Waals surface area contributed by atoms with E-state index in [0.29, 0.717) is 12.6 Å². The van der Waals surface area contributed by atoms with Gasteiger partial charge in [-0.25, -0.2) is 0 Å². The zero-order valence-electron chi connectivity index (χ0n) is 8.57. The van der Waals surface area contributed by atoms with Gasteiger partial charge in [0.15, 0.2) is 0 Å². The fourth-order valence-corrected chi connectivity index (χ4v) is 1.78. The summed E-state index contributed by atoms with van der Waals surface area (Å²) in [5, 5.41) is 11.9. The molecular weight excluding hydrogens is 182 g/mol. The number of nitrogens with two attached hydrogens (primary N) is 1. The van der Waals surface area contributed by atoms with Crippen molar-refractivity contribution in [3.05, 3.63) is 0 Å². The van der Waals surface area contributed by atoms with E-state index >= 15 is 0 Å². The van der Waals surface area contributed by atoms with E-state index in [-0.39, 0.29) is 0 Å². The Labute approximate surface area is 84.3 Å². The van der Waals surface area contributed by atoms with E-state index in [1.165, 1.54) is 0 Å². The molecule has 0 aromatic rings. The molecule has 1 unspecified atom stereocenters. The summed E-state index contributed by atoms with van der Waals surface area (Å²) in [6.45, 7) is 2.45. The van der Waals surface area contributed by atoms with Crippen molar-refractivity contribution in [2.24, 2.45) is 5.73 Å². The number of hydrogen-bond acceptors (Lipinski definition) is 4. The Morgan fingerprint density at radius 3 is 2.71 bits per heavy atom. The van der Waals surface area contributed by atoms with Gasteiger partial charge in [0.05, 0.1) is 0 Å². The number of rotatable bonds is 4. The van der Waals surface area contributed by atoms with Crippen LogP contribution in [-0.2, 0) is 4.79 Å². The summed E-state index contributed by atoms with van der Waals surface area (Å²) in [6.07, 6.45) is 2.14. The van der Waals surface area contributed by atoms with Crippen LogP contribution in [0.5, 0.6) is 0 Å². The van der Waals surface area contributed by atoms with E-state index in [4.69, 9.17) is 10.8 Å². The third-order valence-electron chi connectivity index (χ3n) is 2.73. The highest BCUT2D eigenvalue weighted by Crippen LogP contribution is 2.09. The monoisotopic (exact) mass is 201 g/mol. The molecule has 1 aliphatic rings. The molecule has 0 radical (unpaired) electrons. The van der Waals surface area contributed by atoms with E-state index < -0.39 is 12.0 Å². The van der Waals surface area contributed by atoms with Gasteiger partial charge >= 0.3 is 5.97 Å². The van der Waals surface area contributed by atoms with Gasteiger partial charge in [-0.1, -0.05) is 0 Å². The van der Waals surface area contributed by atoms with Gasteiger partial charge in [-0.2, -0.15) is 0 Å². The third kappa shape index (κ3) is 3.25. The fraction of sp³-hybridized carbons (Fsp3) is 0.889. The van der Waals surface area contributed by atoms with Crippen molar-refractivity contribution in [2.45, 2.75) is 24.9 Å². The van der Waals surface area contributed by atoms with Crippen LogP contribution in [0.15, 0.2) is 0 Å². The standard InChI is InChI=1S/C9H19N3O2/c1-12(6-8(10)9(13)14)7-2-4-11-5-3-7/h7-8,11H,2-6,10H2,1H3,(H,13,14). The van der Waals surface area contributed by atoms with E-state index in [1.54, 1.807) is 0 Å². The molecule has 1 heterocycles. The van der Waals surface area contributed by atoms with Crippen LogP contribution < -0.4 is 11.1 Å². The Morgan fingerprint density at radius 2 is 2.21 bits per heavy atom. The fourth-order valence-electron chi connectivity index (χ4n) is 1.78. The molecule has 1 rings (SSSR count). The van der Waals surface area contributed by atoms with Gasteiger partial charge in [-0.05, 0) is 33.0 Å². The smallest absolute Gasteiger partial charge is 0.321 e. The van der Waals surface area contributed by atoms with E-state index in [9.17, 15) is 4.79 Å². The molecule has 0 amide bonds. The molecule has 0 aliphatic carbocycles. The lowest BCUT2D eigenvalue weighted by atomic mass is 10.0. The Hall–Kier alpha value is -0.650. The molecule has 0 aromatic carbocycles. The first kappa shape index (κ1) is 11.4. The molecule has 0 spiro atoms. The lowest BCUT2D eigenvalue weighted by Gasteiger charge is -2.32. The minimum absolute atomic E-state index is 0.431. The average molecular weight is 201 g/mol. The zero-order chi connectivity index (χ0) is 10.6. The maximum atomic E-state index is 10.6. The second-order valence-corrected chi connectivity index (χ2v) is 3.87. The summed E-state index contributed by atoms with van der Waals surface area (Å²) in [5.41, 5.74) is 5.47. The Kier molecular flexibility index (Phi) is 4.31. The first-order valence-corrected chi connectivity index (χ1v) is 5.00. The van der Waals surface area contributed by atoms with Crippen LogP contribution in [0.25, 0.3) is 0 Å². The molecule has 0 bridgehead atoms. The maximum absolute atomic E-state index is 10.6. The summed E-state index contributed by atoms with van der Waals surface area (Å²) in [4.78, 5) is 12.6. The second kappa shape index (κ2) is 5.29. The first-order chi connectivity index (χ1) is 6.61. The van der Waals surface area contributed by atoms with Crippen molar-refractivity contribution in [1.29, 1.82) is 0 Å². The molecule has 14 heavy (non-hydrogen) atoms. The molecule has 5 heteroatoms. The van der Waals surface area contributed by atoms with Crippen LogP contribution in [0.4, 0.5) is 0 Å². The zero-order valence-corrected chi connectivity index (χ0v) is 8.57. The molecule has 82 valence electrons. The summed E-state index contributed by atoms with van der Waals surface area (Å²) >= 11 is 0.